The van der Waals surface area contributed by atoms with Gasteiger partial charge in [0.25, 0.3) is 5.82 Å². The van der Waals surface area contributed by atoms with Crippen molar-refractivity contribution in [3.63, 3.8) is 0 Å². The fraction of sp³-hybridized carbons (Fsp3) is 0.250. The molecule has 0 atom stereocenters. The second-order valence-corrected chi connectivity index (χ2v) is 6.23. The van der Waals surface area contributed by atoms with E-state index in [1.807, 2.05) is 0 Å². The van der Waals surface area contributed by atoms with Gasteiger partial charge in [0.1, 0.15) is 11.5 Å². The molecule has 0 saturated heterocycles. The summed E-state index contributed by atoms with van der Waals surface area (Å²) in [5.74, 6) is -0.614. The highest BCUT2D eigenvalue weighted by Gasteiger charge is 2.32. The number of rotatable bonds is 3. The Labute approximate surface area is 132 Å². The number of aromatic carboxylic acids is 1. The molecule has 1 aliphatic carbocycles. The third-order valence-electron chi connectivity index (χ3n) is 2.96. The van der Waals surface area contributed by atoms with Gasteiger partial charge in [0.15, 0.2) is 0 Å². The summed E-state index contributed by atoms with van der Waals surface area (Å²) in [6.07, 6.45) is 1.92. The highest BCUT2D eigenvalue weighted by molar-refractivity contribution is 9.10. The Bertz CT molecular complexity index is 690. The Balaban J connectivity index is 2.21. The van der Waals surface area contributed by atoms with Crippen molar-refractivity contribution in [1.82, 2.24) is 14.8 Å². The summed E-state index contributed by atoms with van der Waals surface area (Å²) in [5, 5.41) is 13.8. The SMILES string of the molecule is O=C(O)c1nc(C2CC2)n(-c2c(Cl)cc(Br)cc2Cl)n1. The predicted octanol–water partition coefficient (Wildman–Crippen LogP) is 3.91. The smallest absolute Gasteiger partial charge is 0.375 e. The van der Waals surface area contributed by atoms with Crippen LogP contribution in [0, 0.1) is 0 Å². The van der Waals surface area contributed by atoms with Crippen molar-refractivity contribution in [2.45, 2.75) is 18.8 Å². The largest absolute Gasteiger partial charge is 0.475 e. The molecule has 20 heavy (non-hydrogen) atoms. The first-order valence-electron chi connectivity index (χ1n) is 5.82. The Morgan fingerprint density at radius 3 is 2.45 bits per heavy atom. The average Bonchev–Trinajstić information content (AvgIpc) is 3.09. The summed E-state index contributed by atoms with van der Waals surface area (Å²) in [5.41, 5.74) is 0.457. The van der Waals surface area contributed by atoms with Crippen molar-refractivity contribution in [2.24, 2.45) is 0 Å². The minimum atomic E-state index is -1.17. The van der Waals surface area contributed by atoms with Crippen LogP contribution in [-0.2, 0) is 0 Å². The number of nitrogens with zero attached hydrogens (tertiary/aromatic N) is 3. The molecule has 1 heterocycles. The molecular weight excluding hydrogens is 369 g/mol. The standard InChI is InChI=1S/C12H8BrCl2N3O2/c13-6-3-7(14)9(8(15)4-6)18-11(5-1-2-5)16-10(17-18)12(19)20/h3-5H,1-2H2,(H,19,20). The lowest BCUT2D eigenvalue weighted by molar-refractivity contribution is 0.0683. The Morgan fingerprint density at radius 1 is 1.35 bits per heavy atom. The van der Waals surface area contributed by atoms with E-state index >= 15 is 0 Å². The van der Waals surface area contributed by atoms with Crippen LogP contribution in [0.1, 0.15) is 35.2 Å². The van der Waals surface area contributed by atoms with Gasteiger partial charge in [0, 0.05) is 10.4 Å². The van der Waals surface area contributed by atoms with Gasteiger partial charge < -0.3 is 5.11 Å². The summed E-state index contributed by atoms with van der Waals surface area (Å²) in [7, 11) is 0. The lowest BCUT2D eigenvalue weighted by Crippen LogP contribution is -2.05. The number of benzene rings is 1. The van der Waals surface area contributed by atoms with E-state index in [9.17, 15) is 4.79 Å². The highest BCUT2D eigenvalue weighted by atomic mass is 79.9. The van der Waals surface area contributed by atoms with Crippen molar-refractivity contribution >= 4 is 45.1 Å². The molecule has 3 rings (SSSR count). The molecule has 0 aliphatic heterocycles. The maximum absolute atomic E-state index is 11.1. The molecule has 2 aromatic rings. The maximum atomic E-state index is 11.1. The first kappa shape index (κ1) is 13.9. The fourth-order valence-electron chi connectivity index (χ4n) is 1.92. The van der Waals surface area contributed by atoms with Crippen LogP contribution >= 0.6 is 39.1 Å². The number of aromatic nitrogens is 3. The zero-order chi connectivity index (χ0) is 14.4. The van der Waals surface area contributed by atoms with Gasteiger partial charge in [0.05, 0.1) is 10.0 Å². The van der Waals surface area contributed by atoms with Gasteiger partial charge in [0.2, 0.25) is 0 Å². The lowest BCUT2D eigenvalue weighted by Gasteiger charge is -2.09. The molecule has 5 nitrogen and oxygen atoms in total. The van der Waals surface area contributed by atoms with Gasteiger partial charge in [-0.15, -0.1) is 5.10 Å². The van der Waals surface area contributed by atoms with Crippen LogP contribution in [0.3, 0.4) is 0 Å². The van der Waals surface area contributed by atoms with E-state index in [2.05, 4.69) is 26.0 Å². The molecule has 1 aliphatic rings. The second kappa shape index (κ2) is 5.02. The summed E-state index contributed by atoms with van der Waals surface area (Å²) >= 11 is 15.7. The van der Waals surface area contributed by atoms with Crippen molar-refractivity contribution < 1.29 is 9.90 Å². The van der Waals surface area contributed by atoms with Gasteiger partial charge in [-0.05, 0) is 25.0 Å². The summed E-state index contributed by atoms with van der Waals surface area (Å²) in [6.45, 7) is 0. The van der Waals surface area contributed by atoms with Crippen molar-refractivity contribution in [3.05, 3.63) is 38.3 Å². The Kier molecular flexibility index (Phi) is 3.48. The third-order valence-corrected chi connectivity index (χ3v) is 3.99. The van der Waals surface area contributed by atoms with Gasteiger partial charge >= 0.3 is 5.97 Å². The molecule has 1 aromatic heterocycles. The van der Waals surface area contributed by atoms with Crippen LogP contribution in [0.2, 0.25) is 10.0 Å². The van der Waals surface area contributed by atoms with Crippen molar-refractivity contribution in [2.75, 3.05) is 0 Å². The summed E-state index contributed by atoms with van der Waals surface area (Å²) in [4.78, 5) is 15.1. The van der Waals surface area contributed by atoms with Crippen LogP contribution in [0.25, 0.3) is 5.69 Å². The summed E-state index contributed by atoms with van der Waals surface area (Å²) in [6, 6.07) is 3.36. The quantitative estimate of drug-likeness (QED) is 0.881. The minimum absolute atomic E-state index is 0.214. The van der Waals surface area contributed by atoms with Crippen LogP contribution in [0.15, 0.2) is 16.6 Å². The van der Waals surface area contributed by atoms with E-state index in [0.717, 1.165) is 17.3 Å². The molecule has 1 aromatic carbocycles. The maximum Gasteiger partial charge on any atom is 0.375 e. The highest BCUT2D eigenvalue weighted by Crippen LogP contribution is 2.41. The van der Waals surface area contributed by atoms with Gasteiger partial charge in [-0.3, -0.25) is 0 Å². The second-order valence-electron chi connectivity index (χ2n) is 4.50. The number of carboxylic acids is 1. The molecule has 104 valence electrons. The summed E-state index contributed by atoms with van der Waals surface area (Å²) < 4.78 is 2.18. The van der Waals surface area contributed by atoms with E-state index in [4.69, 9.17) is 28.3 Å². The monoisotopic (exact) mass is 375 g/mol. The van der Waals surface area contributed by atoms with E-state index in [-0.39, 0.29) is 11.7 Å². The molecule has 0 radical (unpaired) electrons. The minimum Gasteiger partial charge on any atom is -0.475 e. The van der Waals surface area contributed by atoms with E-state index in [1.165, 1.54) is 4.68 Å². The molecule has 8 heteroatoms. The number of carbonyl (C=O) groups is 1. The Hall–Kier alpha value is -1.11. The van der Waals surface area contributed by atoms with Crippen LogP contribution in [0.5, 0.6) is 0 Å². The zero-order valence-electron chi connectivity index (χ0n) is 9.98. The van der Waals surface area contributed by atoms with Crippen LogP contribution < -0.4 is 0 Å². The zero-order valence-corrected chi connectivity index (χ0v) is 13.1. The molecule has 0 unspecified atom stereocenters. The van der Waals surface area contributed by atoms with Crippen molar-refractivity contribution in [3.8, 4) is 5.69 Å². The number of hydrogen-bond donors (Lipinski definition) is 1. The third kappa shape index (κ3) is 2.43. The van der Waals surface area contributed by atoms with Crippen LogP contribution in [-0.4, -0.2) is 25.8 Å². The number of hydrogen-bond acceptors (Lipinski definition) is 3. The molecular formula is C12H8BrCl2N3O2. The fourth-order valence-corrected chi connectivity index (χ4v) is 3.29. The molecule has 0 spiro atoms. The van der Waals surface area contributed by atoms with Gasteiger partial charge in [-0.2, -0.15) is 0 Å². The normalized spacial score (nSPS) is 14.6. The molecule has 0 bridgehead atoms. The van der Waals surface area contributed by atoms with Gasteiger partial charge in [-0.25, -0.2) is 14.5 Å². The van der Waals surface area contributed by atoms with Crippen LogP contribution in [0.4, 0.5) is 0 Å². The molecule has 0 amide bonds. The van der Waals surface area contributed by atoms with E-state index < -0.39 is 5.97 Å². The topological polar surface area (TPSA) is 68.0 Å². The Morgan fingerprint density at radius 2 is 1.95 bits per heavy atom. The molecule has 1 N–H and O–H groups in total. The number of halogens is 3. The average molecular weight is 377 g/mol. The molecule has 1 saturated carbocycles. The van der Waals surface area contributed by atoms with Gasteiger partial charge in [-0.1, -0.05) is 39.1 Å². The first-order valence-corrected chi connectivity index (χ1v) is 7.37. The predicted molar refractivity (Wildman–Crippen MR) is 78.0 cm³/mol. The van der Waals surface area contributed by atoms with E-state index in [0.29, 0.717) is 21.6 Å². The molecule has 1 fully saturated rings. The first-order chi connectivity index (χ1) is 9.47. The van der Waals surface area contributed by atoms with Crippen molar-refractivity contribution in [1.29, 1.82) is 0 Å². The number of carboxylic acid groups (broad SMARTS) is 1. The lowest BCUT2D eigenvalue weighted by atomic mass is 10.3. The van der Waals surface area contributed by atoms with E-state index in [1.54, 1.807) is 12.1 Å².